The first-order valence-electron chi connectivity index (χ1n) is 10.9. The Morgan fingerprint density at radius 3 is 2.45 bits per heavy atom. The molecule has 0 radical (unpaired) electrons. The molecule has 0 bridgehead atoms. The van der Waals surface area contributed by atoms with Crippen LogP contribution in [0.4, 0.5) is 10.1 Å². The summed E-state index contributed by atoms with van der Waals surface area (Å²) in [4.78, 5) is 12.7. The zero-order chi connectivity index (χ0) is 23.2. The van der Waals surface area contributed by atoms with Crippen molar-refractivity contribution in [3.8, 4) is 22.9 Å². The molecule has 33 heavy (non-hydrogen) atoms. The third-order valence-corrected chi connectivity index (χ3v) is 6.63. The number of amides is 1. The van der Waals surface area contributed by atoms with Crippen LogP contribution in [0.1, 0.15) is 38.1 Å². The Hall–Kier alpha value is -3.07. The van der Waals surface area contributed by atoms with Gasteiger partial charge in [-0.3, -0.25) is 9.36 Å². The van der Waals surface area contributed by atoms with E-state index in [1.807, 2.05) is 4.57 Å². The summed E-state index contributed by atoms with van der Waals surface area (Å²) in [5, 5.41) is 12.1. The standard InChI is InChI=1S/C24H27FN4O3S/c1-31-18-12-16(13-19(14-18)32-2)26-22(30)15-33-24-28-27-23(20-10-6-7-11-21(20)25)29(24)17-8-4-3-5-9-17/h6-7,10-14,17H,3-5,8-9,15H2,1-2H3,(H,26,30). The maximum Gasteiger partial charge on any atom is 0.234 e. The van der Waals surface area contributed by atoms with Gasteiger partial charge in [0, 0.05) is 29.9 Å². The van der Waals surface area contributed by atoms with Crippen molar-refractivity contribution in [3.05, 3.63) is 48.3 Å². The molecule has 1 heterocycles. The Morgan fingerprint density at radius 2 is 1.79 bits per heavy atom. The van der Waals surface area contributed by atoms with Crippen LogP contribution in [0, 0.1) is 5.82 Å². The molecule has 0 unspecified atom stereocenters. The normalized spacial score (nSPS) is 14.2. The SMILES string of the molecule is COc1cc(NC(=O)CSc2nnc(-c3ccccc3F)n2C2CCCCC2)cc(OC)c1. The number of ether oxygens (including phenoxy) is 2. The van der Waals surface area contributed by atoms with Crippen molar-refractivity contribution in [1.82, 2.24) is 14.8 Å². The van der Waals surface area contributed by atoms with Gasteiger partial charge in [0.2, 0.25) is 5.91 Å². The lowest BCUT2D eigenvalue weighted by Gasteiger charge is -2.25. The van der Waals surface area contributed by atoms with Crippen LogP contribution < -0.4 is 14.8 Å². The summed E-state index contributed by atoms with van der Waals surface area (Å²) in [5.74, 6) is 1.30. The number of aromatic nitrogens is 3. The van der Waals surface area contributed by atoms with Gasteiger partial charge in [-0.1, -0.05) is 43.2 Å². The van der Waals surface area contributed by atoms with E-state index in [0.29, 0.717) is 33.7 Å². The summed E-state index contributed by atoms with van der Waals surface area (Å²) < 4.78 is 27.1. The topological polar surface area (TPSA) is 78.3 Å². The average molecular weight is 471 g/mol. The van der Waals surface area contributed by atoms with E-state index in [2.05, 4.69) is 15.5 Å². The number of carbonyl (C=O) groups excluding carboxylic acids is 1. The number of hydrogen-bond donors (Lipinski definition) is 1. The predicted octanol–water partition coefficient (Wildman–Crippen LogP) is 5.34. The molecule has 174 valence electrons. The monoisotopic (exact) mass is 470 g/mol. The summed E-state index contributed by atoms with van der Waals surface area (Å²) in [6.07, 6.45) is 5.40. The minimum Gasteiger partial charge on any atom is -0.497 e. The maximum atomic E-state index is 14.5. The van der Waals surface area contributed by atoms with E-state index in [0.717, 1.165) is 25.7 Å². The van der Waals surface area contributed by atoms with Crippen molar-refractivity contribution >= 4 is 23.4 Å². The third-order valence-electron chi connectivity index (χ3n) is 5.69. The Bertz CT molecular complexity index is 1090. The molecule has 1 amide bonds. The largest absolute Gasteiger partial charge is 0.497 e. The van der Waals surface area contributed by atoms with Crippen LogP contribution in [0.5, 0.6) is 11.5 Å². The Labute approximate surface area is 196 Å². The molecule has 0 spiro atoms. The van der Waals surface area contributed by atoms with Crippen molar-refractivity contribution in [1.29, 1.82) is 0 Å². The fourth-order valence-corrected chi connectivity index (χ4v) is 4.88. The van der Waals surface area contributed by atoms with Gasteiger partial charge in [-0.05, 0) is 25.0 Å². The van der Waals surface area contributed by atoms with E-state index in [1.165, 1.54) is 24.2 Å². The van der Waals surface area contributed by atoms with Crippen LogP contribution in [0.15, 0.2) is 47.6 Å². The number of nitrogens with zero attached hydrogens (tertiary/aromatic N) is 3. The maximum absolute atomic E-state index is 14.5. The van der Waals surface area contributed by atoms with Gasteiger partial charge in [-0.25, -0.2) is 4.39 Å². The van der Waals surface area contributed by atoms with Crippen LogP contribution >= 0.6 is 11.8 Å². The van der Waals surface area contributed by atoms with Crippen LogP contribution in [0.25, 0.3) is 11.4 Å². The second-order valence-electron chi connectivity index (χ2n) is 7.89. The van der Waals surface area contributed by atoms with Gasteiger partial charge in [-0.15, -0.1) is 10.2 Å². The van der Waals surface area contributed by atoms with Crippen LogP contribution in [0.2, 0.25) is 0 Å². The zero-order valence-corrected chi connectivity index (χ0v) is 19.5. The van der Waals surface area contributed by atoms with Crippen molar-refractivity contribution in [2.24, 2.45) is 0 Å². The predicted molar refractivity (Wildman–Crippen MR) is 126 cm³/mol. The molecule has 1 aliphatic carbocycles. The summed E-state index contributed by atoms with van der Waals surface area (Å²) >= 11 is 1.30. The number of hydrogen-bond acceptors (Lipinski definition) is 6. The second kappa shape index (κ2) is 10.7. The fourth-order valence-electron chi connectivity index (χ4n) is 4.08. The lowest BCUT2D eigenvalue weighted by atomic mass is 9.95. The Balaban J connectivity index is 1.53. The summed E-state index contributed by atoms with van der Waals surface area (Å²) in [6.45, 7) is 0. The van der Waals surface area contributed by atoms with Gasteiger partial charge in [0.05, 0.1) is 25.5 Å². The van der Waals surface area contributed by atoms with Gasteiger partial charge < -0.3 is 14.8 Å². The van der Waals surface area contributed by atoms with Gasteiger partial charge in [0.1, 0.15) is 17.3 Å². The summed E-state index contributed by atoms with van der Waals surface area (Å²) in [7, 11) is 3.11. The quantitative estimate of drug-likeness (QED) is 0.448. The Kier molecular flexibility index (Phi) is 7.49. The van der Waals surface area contributed by atoms with Crippen LogP contribution in [-0.2, 0) is 4.79 Å². The minimum atomic E-state index is -0.330. The highest BCUT2D eigenvalue weighted by molar-refractivity contribution is 7.99. The fraction of sp³-hybridized carbons (Fsp3) is 0.375. The van der Waals surface area contributed by atoms with Crippen molar-refractivity contribution in [2.45, 2.75) is 43.3 Å². The van der Waals surface area contributed by atoms with E-state index in [9.17, 15) is 9.18 Å². The smallest absolute Gasteiger partial charge is 0.234 e. The molecule has 0 saturated heterocycles. The highest BCUT2D eigenvalue weighted by Crippen LogP contribution is 2.36. The molecule has 1 fully saturated rings. The number of rotatable bonds is 8. The van der Waals surface area contributed by atoms with Crippen molar-refractivity contribution in [3.63, 3.8) is 0 Å². The molecule has 1 aliphatic rings. The zero-order valence-electron chi connectivity index (χ0n) is 18.7. The minimum absolute atomic E-state index is 0.141. The third kappa shape index (κ3) is 5.47. The van der Waals surface area contributed by atoms with Crippen LogP contribution in [-0.4, -0.2) is 40.6 Å². The first-order chi connectivity index (χ1) is 16.1. The van der Waals surface area contributed by atoms with Gasteiger partial charge in [0.15, 0.2) is 11.0 Å². The summed E-state index contributed by atoms with van der Waals surface area (Å²) in [6, 6.07) is 12.0. The first kappa shape index (κ1) is 23.1. The lowest BCUT2D eigenvalue weighted by Crippen LogP contribution is -2.17. The highest BCUT2D eigenvalue weighted by Gasteiger charge is 2.25. The second-order valence-corrected chi connectivity index (χ2v) is 8.83. The first-order valence-corrected chi connectivity index (χ1v) is 11.9. The lowest BCUT2D eigenvalue weighted by molar-refractivity contribution is -0.113. The summed E-state index contributed by atoms with van der Waals surface area (Å²) in [5.41, 5.74) is 1.01. The number of thioether (sulfide) groups is 1. The van der Waals surface area contributed by atoms with E-state index in [4.69, 9.17) is 9.47 Å². The van der Waals surface area contributed by atoms with E-state index >= 15 is 0 Å². The molecule has 1 N–H and O–H groups in total. The van der Waals surface area contributed by atoms with Crippen molar-refractivity contribution in [2.75, 3.05) is 25.3 Å². The molecule has 1 aromatic heterocycles. The van der Waals surface area contributed by atoms with Gasteiger partial charge in [-0.2, -0.15) is 0 Å². The van der Waals surface area contributed by atoms with Gasteiger partial charge >= 0.3 is 0 Å². The molecule has 7 nitrogen and oxygen atoms in total. The van der Waals surface area contributed by atoms with E-state index in [-0.39, 0.29) is 23.5 Å². The Morgan fingerprint density at radius 1 is 1.09 bits per heavy atom. The molecule has 0 atom stereocenters. The van der Waals surface area contributed by atoms with Gasteiger partial charge in [0.25, 0.3) is 0 Å². The number of carbonyl (C=O) groups is 1. The molecule has 0 aliphatic heterocycles. The molecule has 1 saturated carbocycles. The number of nitrogens with one attached hydrogen (secondary N) is 1. The molecule has 4 rings (SSSR count). The van der Waals surface area contributed by atoms with Crippen LogP contribution in [0.3, 0.4) is 0 Å². The van der Waals surface area contributed by atoms with Crippen molar-refractivity contribution < 1.29 is 18.7 Å². The highest BCUT2D eigenvalue weighted by atomic mass is 32.2. The molecule has 3 aromatic rings. The number of methoxy groups -OCH3 is 2. The molecule has 2 aromatic carbocycles. The molecule has 9 heteroatoms. The number of anilines is 1. The number of halogens is 1. The number of benzene rings is 2. The molecular formula is C24H27FN4O3S. The molecular weight excluding hydrogens is 443 g/mol. The van der Waals surface area contributed by atoms with E-state index < -0.39 is 0 Å². The average Bonchev–Trinajstić information content (AvgIpc) is 3.27. The van der Waals surface area contributed by atoms with E-state index in [1.54, 1.807) is 50.6 Å².